The van der Waals surface area contributed by atoms with E-state index in [0.717, 1.165) is 18.2 Å². The summed E-state index contributed by atoms with van der Waals surface area (Å²) in [4.78, 5) is 24.2. The van der Waals surface area contributed by atoms with Crippen LogP contribution in [-0.2, 0) is 23.6 Å². The number of aryl methyl sites for hydroxylation is 1. The molecule has 0 atom stereocenters. The third-order valence-corrected chi connectivity index (χ3v) is 5.31. The number of hydrogen-bond donors (Lipinski definition) is 1. The Labute approximate surface area is 201 Å². The van der Waals surface area contributed by atoms with Gasteiger partial charge in [-0.2, -0.15) is 26.3 Å². The van der Waals surface area contributed by atoms with Gasteiger partial charge >= 0.3 is 12.4 Å². The summed E-state index contributed by atoms with van der Waals surface area (Å²) in [7, 11) is 0. The summed E-state index contributed by atoms with van der Waals surface area (Å²) in [5.74, 6) is 0.385. The van der Waals surface area contributed by atoms with Gasteiger partial charge in [0.15, 0.2) is 0 Å². The number of benzene rings is 2. The van der Waals surface area contributed by atoms with Crippen molar-refractivity contribution < 1.29 is 31.1 Å². The number of nitrogens with zero attached hydrogens (tertiary/aromatic N) is 3. The van der Waals surface area contributed by atoms with E-state index in [1.165, 1.54) is 49.5 Å². The van der Waals surface area contributed by atoms with Crippen molar-refractivity contribution in [2.45, 2.75) is 32.1 Å². The Morgan fingerprint density at radius 1 is 0.917 bits per heavy atom. The van der Waals surface area contributed by atoms with Gasteiger partial charge in [-0.3, -0.25) is 4.98 Å². The van der Waals surface area contributed by atoms with E-state index >= 15 is 0 Å². The second-order valence-electron chi connectivity index (χ2n) is 8.02. The number of fused-ring (bicyclic) bond motifs is 1. The molecule has 0 radical (unpaired) electrons. The predicted octanol–water partition coefficient (Wildman–Crippen LogP) is 6.99. The van der Waals surface area contributed by atoms with Gasteiger partial charge in [-0.25, -0.2) is 9.97 Å². The highest BCUT2D eigenvalue weighted by Crippen LogP contribution is 2.37. The number of anilines is 2. The predicted molar refractivity (Wildman–Crippen MR) is 121 cm³/mol. The third-order valence-electron chi connectivity index (χ3n) is 5.31. The van der Waals surface area contributed by atoms with Crippen LogP contribution in [0.25, 0.3) is 22.2 Å². The van der Waals surface area contributed by atoms with E-state index in [0.29, 0.717) is 11.1 Å². The van der Waals surface area contributed by atoms with Crippen LogP contribution in [0.15, 0.2) is 60.8 Å². The number of nitrogens with one attached hydrogen (secondary N) is 1. The molecule has 0 amide bonds. The van der Waals surface area contributed by atoms with Crippen molar-refractivity contribution in [3.63, 3.8) is 0 Å². The first-order valence-electron chi connectivity index (χ1n) is 10.7. The molecule has 2 aromatic heterocycles. The first-order chi connectivity index (χ1) is 16.9. The minimum absolute atomic E-state index is 0.104. The molecule has 2 heterocycles. The van der Waals surface area contributed by atoms with Crippen LogP contribution in [0.3, 0.4) is 0 Å². The number of alkyl halides is 6. The lowest BCUT2D eigenvalue weighted by Gasteiger charge is -2.14. The van der Waals surface area contributed by atoms with Gasteiger partial charge in [-0.1, -0.05) is 6.07 Å². The second kappa shape index (κ2) is 9.56. The molecule has 5 nitrogen and oxygen atoms in total. The van der Waals surface area contributed by atoms with Crippen molar-refractivity contribution in [3.05, 3.63) is 77.7 Å². The second-order valence-corrected chi connectivity index (χ2v) is 8.02. The number of carbonyl (C=O) groups is 1. The number of ketones is 1. The highest BCUT2D eigenvalue weighted by Gasteiger charge is 2.34. The number of Topliss-reactive ketones (excluding diaryl/α,β-unsaturated/α-hetero) is 1. The molecule has 0 aliphatic heterocycles. The van der Waals surface area contributed by atoms with Gasteiger partial charge in [0.05, 0.1) is 22.3 Å². The van der Waals surface area contributed by atoms with Crippen LogP contribution in [0.1, 0.15) is 30.3 Å². The summed E-state index contributed by atoms with van der Waals surface area (Å²) in [6, 6.07) is 10.8. The lowest BCUT2D eigenvalue weighted by atomic mass is 10.0. The minimum Gasteiger partial charge on any atom is -0.340 e. The Balaban J connectivity index is 1.79. The molecule has 11 heteroatoms. The van der Waals surface area contributed by atoms with Gasteiger partial charge in [0, 0.05) is 35.7 Å². The van der Waals surface area contributed by atoms with E-state index in [9.17, 15) is 31.1 Å². The molecule has 1 N–H and O–H groups in total. The molecule has 2 aromatic carbocycles. The zero-order chi connectivity index (χ0) is 26.1. The molecule has 0 saturated carbocycles. The zero-order valence-electron chi connectivity index (χ0n) is 18.7. The molecular weight excluding hydrogens is 486 g/mol. The van der Waals surface area contributed by atoms with E-state index < -0.39 is 23.5 Å². The van der Waals surface area contributed by atoms with E-state index in [1.807, 2.05) is 0 Å². The fraction of sp³-hybridized carbons (Fsp3) is 0.200. The molecule has 186 valence electrons. The Kier molecular flexibility index (Phi) is 6.66. The average Bonchev–Trinajstić information content (AvgIpc) is 2.81. The van der Waals surface area contributed by atoms with Crippen LogP contribution in [-0.4, -0.2) is 20.7 Å². The molecule has 0 saturated heterocycles. The molecule has 0 bridgehead atoms. The summed E-state index contributed by atoms with van der Waals surface area (Å²) in [5.41, 5.74) is -1.22. The third kappa shape index (κ3) is 5.61. The Morgan fingerprint density at radius 3 is 2.28 bits per heavy atom. The average molecular weight is 504 g/mol. The van der Waals surface area contributed by atoms with E-state index in [2.05, 4.69) is 20.3 Å². The molecule has 4 aromatic rings. The van der Waals surface area contributed by atoms with Gasteiger partial charge in [0.1, 0.15) is 17.4 Å². The first-order valence-corrected chi connectivity index (χ1v) is 10.7. The number of halogens is 6. The maximum atomic E-state index is 13.5. The van der Waals surface area contributed by atoms with Gasteiger partial charge in [-0.15, -0.1) is 0 Å². The lowest BCUT2D eigenvalue weighted by molar-refractivity contribution is -0.138. The van der Waals surface area contributed by atoms with Crippen LogP contribution < -0.4 is 5.32 Å². The molecule has 0 unspecified atom stereocenters. The number of pyridine rings is 1. The Morgan fingerprint density at radius 2 is 1.64 bits per heavy atom. The molecule has 36 heavy (non-hydrogen) atoms. The zero-order valence-corrected chi connectivity index (χ0v) is 18.7. The molecular formula is C25H18F6N4O. The number of hydrogen-bond acceptors (Lipinski definition) is 5. The van der Waals surface area contributed by atoms with Crippen molar-refractivity contribution >= 4 is 28.2 Å². The largest absolute Gasteiger partial charge is 0.418 e. The van der Waals surface area contributed by atoms with Crippen LogP contribution in [0.4, 0.5) is 37.8 Å². The fourth-order valence-corrected chi connectivity index (χ4v) is 3.56. The Bertz CT molecular complexity index is 1420. The highest BCUT2D eigenvalue weighted by atomic mass is 19.4. The molecule has 0 spiro atoms. The molecule has 0 aliphatic rings. The quantitative estimate of drug-likeness (QED) is 0.287. The van der Waals surface area contributed by atoms with Crippen molar-refractivity contribution in [2.75, 3.05) is 5.32 Å². The standard InChI is InChI=1S/C25H18F6N4O/c1-14(36)4-11-21-34-20-13-15(22-19(25(29,30)31)3-2-12-32-22)5-10-18(20)23(35-21)33-17-8-6-16(7-9-17)24(26,27)28/h2-3,5-10,12-13H,4,11H2,1H3,(H,33,34,35). The lowest BCUT2D eigenvalue weighted by Crippen LogP contribution is -2.08. The SMILES string of the molecule is CC(=O)CCc1nc(Nc2ccc(C(F)(F)F)cc2)c2ccc(-c3ncccc3C(F)(F)F)cc2n1. The summed E-state index contributed by atoms with van der Waals surface area (Å²) >= 11 is 0. The number of rotatable bonds is 6. The van der Waals surface area contributed by atoms with Crippen molar-refractivity contribution in [1.82, 2.24) is 15.0 Å². The summed E-state index contributed by atoms with van der Waals surface area (Å²) < 4.78 is 79.2. The monoisotopic (exact) mass is 504 g/mol. The summed E-state index contributed by atoms with van der Waals surface area (Å²) in [6.45, 7) is 1.40. The minimum atomic E-state index is -4.62. The molecule has 4 rings (SSSR count). The van der Waals surface area contributed by atoms with Crippen LogP contribution in [0.2, 0.25) is 0 Å². The van der Waals surface area contributed by atoms with Gasteiger partial charge in [0.2, 0.25) is 0 Å². The maximum Gasteiger partial charge on any atom is 0.418 e. The van der Waals surface area contributed by atoms with Crippen molar-refractivity contribution in [3.8, 4) is 11.3 Å². The molecule has 0 aliphatic carbocycles. The first kappa shape index (κ1) is 25.1. The molecule has 0 fully saturated rings. The highest BCUT2D eigenvalue weighted by molar-refractivity contribution is 5.93. The number of aromatic nitrogens is 3. The normalized spacial score (nSPS) is 12.1. The topological polar surface area (TPSA) is 67.8 Å². The van der Waals surface area contributed by atoms with Crippen molar-refractivity contribution in [2.24, 2.45) is 0 Å². The summed E-state index contributed by atoms with van der Waals surface area (Å²) in [6.07, 6.45) is -7.54. The fourth-order valence-electron chi connectivity index (χ4n) is 3.56. The summed E-state index contributed by atoms with van der Waals surface area (Å²) in [5, 5.41) is 3.38. The Hall–Kier alpha value is -4.02. The van der Waals surface area contributed by atoms with Gasteiger partial charge < -0.3 is 10.1 Å². The van der Waals surface area contributed by atoms with Crippen LogP contribution >= 0.6 is 0 Å². The smallest absolute Gasteiger partial charge is 0.340 e. The van der Waals surface area contributed by atoms with Gasteiger partial charge in [0.25, 0.3) is 0 Å². The van der Waals surface area contributed by atoms with Crippen molar-refractivity contribution in [1.29, 1.82) is 0 Å². The van der Waals surface area contributed by atoms with E-state index in [-0.39, 0.29) is 47.0 Å². The van der Waals surface area contributed by atoms with Crippen LogP contribution in [0, 0.1) is 0 Å². The van der Waals surface area contributed by atoms with E-state index in [1.54, 1.807) is 0 Å². The van der Waals surface area contributed by atoms with Crippen LogP contribution in [0.5, 0.6) is 0 Å². The van der Waals surface area contributed by atoms with E-state index in [4.69, 9.17) is 0 Å². The maximum absolute atomic E-state index is 13.5. The van der Waals surface area contributed by atoms with Gasteiger partial charge in [-0.05, 0) is 55.5 Å². The number of carbonyl (C=O) groups excluding carboxylic acids is 1.